The Morgan fingerprint density at radius 2 is 1.76 bits per heavy atom. The number of rotatable bonds is 4. The van der Waals surface area contributed by atoms with Gasteiger partial charge in [-0.1, -0.05) is 31.4 Å². The van der Waals surface area contributed by atoms with E-state index in [9.17, 15) is 14.4 Å². The lowest BCUT2D eigenvalue weighted by atomic mass is 9.94. The second-order valence-corrected chi connectivity index (χ2v) is 6.40. The Hall–Kier alpha value is -2.61. The number of hydrogen-bond acceptors (Lipinski definition) is 5. The van der Waals surface area contributed by atoms with Crippen LogP contribution in [0, 0.1) is 0 Å². The summed E-state index contributed by atoms with van der Waals surface area (Å²) < 4.78 is 0. The number of amides is 2. The number of thiocarbonyl (C=S) groups is 1. The fourth-order valence-corrected chi connectivity index (χ4v) is 3.43. The summed E-state index contributed by atoms with van der Waals surface area (Å²) in [5.41, 5.74) is 0.757. The maximum atomic E-state index is 12.3. The number of nitrogens with zero attached hydrogens (tertiary/aromatic N) is 3. The molecule has 25 heavy (non-hydrogen) atoms. The van der Waals surface area contributed by atoms with E-state index >= 15 is 0 Å². The molecule has 1 N–H and O–H groups in total. The number of carbonyl (C=O) groups is 3. The van der Waals surface area contributed by atoms with Gasteiger partial charge in [0, 0.05) is 6.04 Å². The van der Waals surface area contributed by atoms with Crippen molar-refractivity contribution >= 4 is 41.3 Å². The zero-order valence-electron chi connectivity index (χ0n) is 13.4. The van der Waals surface area contributed by atoms with E-state index in [1.165, 1.54) is 23.2 Å². The minimum Gasteiger partial charge on any atom is -0.478 e. The Morgan fingerprint density at radius 3 is 2.36 bits per heavy atom. The molecule has 0 unspecified atom stereocenters. The van der Waals surface area contributed by atoms with Crippen molar-refractivity contribution < 1.29 is 19.5 Å². The number of aromatic carboxylic acids is 1. The zero-order chi connectivity index (χ0) is 18.0. The average molecular weight is 359 g/mol. The van der Waals surface area contributed by atoms with Crippen molar-refractivity contribution in [1.82, 2.24) is 9.91 Å². The summed E-state index contributed by atoms with van der Waals surface area (Å²) >= 11 is 5.29. The van der Waals surface area contributed by atoms with Gasteiger partial charge in [0.15, 0.2) is 0 Å². The molecular formula is C17H17N3O4S. The quantitative estimate of drug-likeness (QED) is 0.504. The molecule has 1 aliphatic heterocycles. The van der Waals surface area contributed by atoms with E-state index in [4.69, 9.17) is 17.3 Å². The molecule has 0 aromatic heterocycles. The van der Waals surface area contributed by atoms with Gasteiger partial charge >= 0.3 is 17.8 Å². The molecule has 0 bridgehead atoms. The van der Waals surface area contributed by atoms with Crippen LogP contribution in [0.25, 0.3) is 0 Å². The summed E-state index contributed by atoms with van der Waals surface area (Å²) in [7, 11) is 0. The van der Waals surface area contributed by atoms with Crippen molar-refractivity contribution in [2.45, 2.75) is 38.1 Å². The average Bonchev–Trinajstić information content (AvgIpc) is 2.83. The van der Waals surface area contributed by atoms with Gasteiger partial charge in [-0.25, -0.2) is 4.79 Å². The standard InChI is InChI=1S/C17H17N3O4S/c21-14-15(22)20(17(25)19(14)13-4-2-1-3-5-13)18-10-11-6-8-12(9-7-11)16(23)24/h6-10,13H,1-5H2,(H,23,24)/b18-10+. The third-order valence-corrected chi connectivity index (χ3v) is 4.77. The van der Waals surface area contributed by atoms with Gasteiger partial charge in [0.25, 0.3) is 0 Å². The van der Waals surface area contributed by atoms with Gasteiger partial charge in [-0.3, -0.25) is 14.5 Å². The molecule has 2 aliphatic rings. The van der Waals surface area contributed by atoms with Crippen LogP contribution in [0.2, 0.25) is 0 Å². The molecule has 3 rings (SSSR count). The Kier molecular flexibility index (Phi) is 4.89. The summed E-state index contributed by atoms with van der Waals surface area (Å²) in [6, 6.07) is 5.97. The summed E-state index contributed by atoms with van der Waals surface area (Å²) in [6.07, 6.45) is 6.23. The van der Waals surface area contributed by atoms with E-state index in [2.05, 4.69) is 5.10 Å². The molecule has 8 heteroatoms. The number of carboxylic acid groups (broad SMARTS) is 1. The third-order valence-electron chi connectivity index (χ3n) is 4.40. The molecule has 2 amide bonds. The topological polar surface area (TPSA) is 90.3 Å². The summed E-state index contributed by atoms with van der Waals surface area (Å²) in [5.74, 6) is -2.41. The zero-order valence-corrected chi connectivity index (χ0v) is 14.2. The van der Waals surface area contributed by atoms with Crippen LogP contribution in [0.5, 0.6) is 0 Å². The van der Waals surface area contributed by atoms with Crippen LogP contribution in [0.3, 0.4) is 0 Å². The molecule has 7 nitrogen and oxygen atoms in total. The van der Waals surface area contributed by atoms with Gasteiger partial charge in [0.1, 0.15) is 0 Å². The van der Waals surface area contributed by atoms with Crippen LogP contribution < -0.4 is 0 Å². The number of hydrogen-bond donors (Lipinski definition) is 1. The predicted molar refractivity (Wildman–Crippen MR) is 94.2 cm³/mol. The molecule has 1 saturated heterocycles. The summed E-state index contributed by atoms with van der Waals surface area (Å²) in [4.78, 5) is 36.7. The second kappa shape index (κ2) is 7.10. The highest BCUT2D eigenvalue weighted by Gasteiger charge is 2.45. The fourth-order valence-electron chi connectivity index (χ4n) is 3.07. The van der Waals surface area contributed by atoms with Crippen LogP contribution in [-0.4, -0.2) is 50.2 Å². The van der Waals surface area contributed by atoms with Crippen molar-refractivity contribution in [2.24, 2.45) is 5.10 Å². The van der Waals surface area contributed by atoms with Crippen molar-refractivity contribution in [3.63, 3.8) is 0 Å². The summed E-state index contributed by atoms with van der Waals surface area (Å²) in [6.45, 7) is 0. The highest BCUT2D eigenvalue weighted by Crippen LogP contribution is 2.27. The van der Waals surface area contributed by atoms with Gasteiger partial charge in [-0.05, 0) is 42.8 Å². The smallest absolute Gasteiger partial charge is 0.339 e. The summed E-state index contributed by atoms with van der Waals surface area (Å²) in [5, 5.41) is 14.0. The van der Waals surface area contributed by atoms with Crippen LogP contribution in [0.15, 0.2) is 29.4 Å². The number of benzene rings is 1. The first kappa shape index (κ1) is 17.2. The number of hydrazone groups is 1. The van der Waals surface area contributed by atoms with Crippen LogP contribution >= 0.6 is 12.2 Å². The highest BCUT2D eigenvalue weighted by molar-refractivity contribution is 7.80. The van der Waals surface area contributed by atoms with Crippen LogP contribution in [-0.2, 0) is 9.59 Å². The van der Waals surface area contributed by atoms with Crippen molar-refractivity contribution in [3.8, 4) is 0 Å². The minimum atomic E-state index is -1.02. The first-order valence-corrected chi connectivity index (χ1v) is 8.49. The minimum absolute atomic E-state index is 0.0345. The lowest BCUT2D eigenvalue weighted by Gasteiger charge is -2.29. The van der Waals surface area contributed by atoms with Crippen LogP contribution in [0.4, 0.5) is 0 Å². The molecule has 1 saturated carbocycles. The Bertz CT molecular complexity index is 754. The van der Waals surface area contributed by atoms with Crippen molar-refractivity contribution in [3.05, 3.63) is 35.4 Å². The van der Waals surface area contributed by atoms with Gasteiger partial charge in [0.2, 0.25) is 5.11 Å². The number of carbonyl (C=O) groups excluding carboxylic acids is 2. The molecular weight excluding hydrogens is 342 g/mol. The van der Waals surface area contributed by atoms with E-state index < -0.39 is 17.8 Å². The maximum Gasteiger partial charge on any atom is 0.339 e. The Morgan fingerprint density at radius 1 is 1.12 bits per heavy atom. The fraction of sp³-hybridized carbons (Fsp3) is 0.353. The molecule has 0 radical (unpaired) electrons. The lowest BCUT2D eigenvalue weighted by Crippen LogP contribution is -2.41. The van der Waals surface area contributed by atoms with Gasteiger partial charge in [-0.15, -0.1) is 0 Å². The van der Waals surface area contributed by atoms with E-state index in [1.807, 2.05) is 0 Å². The van der Waals surface area contributed by atoms with E-state index in [0.29, 0.717) is 5.56 Å². The van der Waals surface area contributed by atoms with Crippen molar-refractivity contribution in [2.75, 3.05) is 0 Å². The largest absolute Gasteiger partial charge is 0.478 e. The second-order valence-electron chi connectivity index (χ2n) is 6.04. The molecule has 1 aromatic rings. The van der Waals surface area contributed by atoms with E-state index in [-0.39, 0.29) is 16.7 Å². The van der Waals surface area contributed by atoms with Crippen LogP contribution in [0.1, 0.15) is 48.0 Å². The lowest BCUT2D eigenvalue weighted by molar-refractivity contribution is -0.144. The van der Waals surface area contributed by atoms with E-state index in [0.717, 1.165) is 37.1 Å². The SMILES string of the molecule is O=C(O)c1ccc(/C=N/N2C(=O)C(=O)N(C3CCCCC3)C2=S)cc1. The molecule has 2 fully saturated rings. The monoisotopic (exact) mass is 359 g/mol. The van der Waals surface area contributed by atoms with E-state index in [1.54, 1.807) is 12.1 Å². The maximum absolute atomic E-state index is 12.3. The van der Waals surface area contributed by atoms with Gasteiger partial charge in [-0.2, -0.15) is 10.1 Å². The molecule has 0 atom stereocenters. The Labute approximate surface area is 149 Å². The molecule has 1 heterocycles. The van der Waals surface area contributed by atoms with Gasteiger partial charge < -0.3 is 5.11 Å². The highest BCUT2D eigenvalue weighted by atomic mass is 32.1. The third kappa shape index (κ3) is 3.43. The Balaban J connectivity index is 1.75. The molecule has 1 aromatic carbocycles. The molecule has 1 aliphatic carbocycles. The first-order valence-electron chi connectivity index (χ1n) is 8.08. The van der Waals surface area contributed by atoms with Gasteiger partial charge in [0.05, 0.1) is 11.8 Å². The molecule has 130 valence electrons. The first-order chi connectivity index (χ1) is 12.0. The predicted octanol–water partition coefficient (Wildman–Crippen LogP) is 2.01. The number of carboxylic acids is 1. The molecule has 0 spiro atoms. The normalized spacial score (nSPS) is 19.3. The van der Waals surface area contributed by atoms with Crippen molar-refractivity contribution in [1.29, 1.82) is 0 Å².